The molecular formula is C21H23N3O3. The third-order valence-corrected chi connectivity index (χ3v) is 4.27. The summed E-state index contributed by atoms with van der Waals surface area (Å²) < 4.78 is 5.61. The molecule has 0 spiro atoms. The average molecular weight is 365 g/mol. The summed E-state index contributed by atoms with van der Waals surface area (Å²) in [6.07, 6.45) is 0.975. The minimum atomic E-state index is -0.190. The average Bonchev–Trinajstić information content (AvgIpc) is 3.10. The first kappa shape index (κ1) is 18.6. The summed E-state index contributed by atoms with van der Waals surface area (Å²) in [6.45, 7) is 3.87. The minimum absolute atomic E-state index is 0.0248. The molecular weight excluding hydrogens is 342 g/mol. The Morgan fingerprint density at radius 3 is 2.59 bits per heavy atom. The molecule has 1 amide bonds. The van der Waals surface area contributed by atoms with Crippen molar-refractivity contribution in [3.8, 4) is 5.75 Å². The molecule has 140 valence electrons. The summed E-state index contributed by atoms with van der Waals surface area (Å²) in [5.41, 5.74) is 2.50. The molecule has 0 fully saturated rings. The molecule has 1 unspecified atom stereocenters. The number of amides is 1. The Labute approximate surface area is 158 Å². The summed E-state index contributed by atoms with van der Waals surface area (Å²) in [5, 5.41) is 2.95. The summed E-state index contributed by atoms with van der Waals surface area (Å²) in [4.78, 5) is 31.1. The predicted octanol–water partition coefficient (Wildman–Crippen LogP) is 3.80. The van der Waals surface area contributed by atoms with Crippen LogP contribution in [-0.2, 0) is 4.79 Å². The van der Waals surface area contributed by atoms with Crippen LogP contribution in [0.3, 0.4) is 0 Å². The highest BCUT2D eigenvalue weighted by Crippen LogP contribution is 2.16. The molecule has 3 aromatic rings. The predicted molar refractivity (Wildman–Crippen MR) is 104 cm³/mol. The van der Waals surface area contributed by atoms with Crippen molar-refractivity contribution in [1.82, 2.24) is 15.3 Å². The minimum Gasteiger partial charge on any atom is -0.494 e. The Bertz CT molecular complexity index is 898. The Hall–Kier alpha value is -3.15. The number of para-hydroxylation sites is 2. The number of hydrogen-bond donors (Lipinski definition) is 2. The number of H-pyrrole nitrogens is 1. The third-order valence-electron chi connectivity index (χ3n) is 4.27. The van der Waals surface area contributed by atoms with E-state index in [9.17, 15) is 9.59 Å². The van der Waals surface area contributed by atoms with Gasteiger partial charge >= 0.3 is 0 Å². The lowest BCUT2D eigenvalue weighted by atomic mass is 10.1. The topological polar surface area (TPSA) is 84.1 Å². The fourth-order valence-electron chi connectivity index (χ4n) is 2.77. The number of ether oxygens (including phenoxy) is 1. The molecule has 6 nitrogen and oxygen atoms in total. The highest BCUT2D eigenvalue weighted by Gasteiger charge is 2.13. The largest absolute Gasteiger partial charge is 0.494 e. The molecule has 2 aromatic carbocycles. The van der Waals surface area contributed by atoms with Gasteiger partial charge in [-0.25, -0.2) is 4.98 Å². The van der Waals surface area contributed by atoms with Crippen LogP contribution in [0, 0.1) is 0 Å². The molecule has 27 heavy (non-hydrogen) atoms. The number of benzene rings is 2. The number of carbonyl (C=O) groups is 2. The van der Waals surface area contributed by atoms with Crippen molar-refractivity contribution in [2.75, 3.05) is 6.61 Å². The van der Waals surface area contributed by atoms with Crippen molar-refractivity contribution in [1.29, 1.82) is 0 Å². The smallest absolute Gasteiger partial charge is 0.220 e. The zero-order valence-corrected chi connectivity index (χ0v) is 15.5. The number of fused-ring (bicyclic) bond motifs is 1. The number of nitrogens with one attached hydrogen (secondary N) is 2. The maximum atomic E-state index is 12.1. The lowest BCUT2D eigenvalue weighted by molar-refractivity contribution is -0.122. The Kier molecular flexibility index (Phi) is 5.86. The summed E-state index contributed by atoms with van der Waals surface area (Å²) >= 11 is 0. The molecule has 0 aliphatic rings. The van der Waals surface area contributed by atoms with Crippen molar-refractivity contribution >= 4 is 22.7 Å². The van der Waals surface area contributed by atoms with E-state index in [1.54, 1.807) is 24.3 Å². The van der Waals surface area contributed by atoms with Crippen LogP contribution in [0.5, 0.6) is 5.75 Å². The van der Waals surface area contributed by atoms with Crippen LogP contribution in [0.25, 0.3) is 11.0 Å². The van der Waals surface area contributed by atoms with Crippen molar-refractivity contribution in [2.45, 2.75) is 32.7 Å². The maximum absolute atomic E-state index is 12.1. The van der Waals surface area contributed by atoms with Gasteiger partial charge in [-0.3, -0.25) is 9.59 Å². The standard InChI is InChI=1S/C21H23N3O3/c1-14(21-23-18-6-3-4-7-19(18)24-21)22-20(26)8-5-13-27-17-11-9-16(10-12-17)15(2)25/h3-4,6-7,9-12,14H,5,8,13H2,1-2H3,(H,22,26)(H,23,24). The van der Waals surface area contributed by atoms with E-state index in [0.717, 1.165) is 16.9 Å². The van der Waals surface area contributed by atoms with Crippen LogP contribution in [0.1, 0.15) is 48.9 Å². The number of hydrogen-bond acceptors (Lipinski definition) is 4. The highest BCUT2D eigenvalue weighted by molar-refractivity contribution is 5.94. The van der Waals surface area contributed by atoms with Crippen molar-refractivity contribution < 1.29 is 14.3 Å². The van der Waals surface area contributed by atoms with E-state index >= 15 is 0 Å². The molecule has 0 bridgehead atoms. The monoisotopic (exact) mass is 365 g/mol. The van der Waals surface area contributed by atoms with Gasteiger partial charge in [0.1, 0.15) is 11.6 Å². The molecule has 0 radical (unpaired) electrons. The summed E-state index contributed by atoms with van der Waals surface area (Å²) in [5.74, 6) is 1.41. The Morgan fingerprint density at radius 1 is 1.15 bits per heavy atom. The van der Waals surface area contributed by atoms with Crippen LogP contribution in [0.15, 0.2) is 48.5 Å². The van der Waals surface area contributed by atoms with E-state index in [2.05, 4.69) is 15.3 Å². The highest BCUT2D eigenvalue weighted by atomic mass is 16.5. The van der Waals surface area contributed by atoms with Gasteiger partial charge in [0.15, 0.2) is 5.78 Å². The van der Waals surface area contributed by atoms with E-state index in [4.69, 9.17) is 4.74 Å². The number of Topliss-reactive ketones (excluding diaryl/α,β-unsaturated/α-hetero) is 1. The number of imidazole rings is 1. The second-order valence-corrected chi connectivity index (χ2v) is 6.46. The van der Waals surface area contributed by atoms with E-state index in [0.29, 0.717) is 30.8 Å². The molecule has 3 rings (SSSR count). The maximum Gasteiger partial charge on any atom is 0.220 e. The first-order chi connectivity index (χ1) is 13.0. The second-order valence-electron chi connectivity index (χ2n) is 6.46. The van der Waals surface area contributed by atoms with E-state index in [1.807, 2.05) is 31.2 Å². The number of nitrogens with zero attached hydrogens (tertiary/aromatic N) is 1. The number of aromatic nitrogens is 2. The van der Waals surface area contributed by atoms with Crippen LogP contribution in [0.4, 0.5) is 0 Å². The number of carbonyl (C=O) groups excluding carboxylic acids is 2. The van der Waals surface area contributed by atoms with Gasteiger partial charge in [-0.2, -0.15) is 0 Å². The Morgan fingerprint density at radius 2 is 1.89 bits per heavy atom. The van der Waals surface area contributed by atoms with Crippen LogP contribution < -0.4 is 10.1 Å². The van der Waals surface area contributed by atoms with Gasteiger partial charge in [-0.05, 0) is 56.7 Å². The second kappa shape index (κ2) is 8.49. The quantitative estimate of drug-likeness (QED) is 0.470. The third kappa shape index (κ3) is 4.94. The van der Waals surface area contributed by atoms with Gasteiger partial charge in [0, 0.05) is 12.0 Å². The molecule has 0 saturated carbocycles. The van der Waals surface area contributed by atoms with E-state index < -0.39 is 0 Å². The molecule has 0 saturated heterocycles. The first-order valence-corrected chi connectivity index (χ1v) is 9.01. The fraction of sp³-hybridized carbons (Fsp3) is 0.286. The normalized spacial score (nSPS) is 11.9. The van der Waals surface area contributed by atoms with Crippen molar-refractivity contribution in [3.05, 3.63) is 59.9 Å². The molecule has 0 aliphatic carbocycles. The van der Waals surface area contributed by atoms with Gasteiger partial charge in [0.05, 0.1) is 23.7 Å². The molecule has 1 aromatic heterocycles. The lowest BCUT2D eigenvalue weighted by Gasteiger charge is -2.11. The number of rotatable bonds is 8. The van der Waals surface area contributed by atoms with Crippen molar-refractivity contribution in [3.63, 3.8) is 0 Å². The van der Waals surface area contributed by atoms with Gasteiger partial charge in [-0.15, -0.1) is 0 Å². The SMILES string of the molecule is CC(=O)c1ccc(OCCCC(=O)NC(C)c2nc3ccccc3[nH]2)cc1. The van der Waals surface area contributed by atoms with E-state index in [-0.39, 0.29) is 17.7 Å². The zero-order valence-electron chi connectivity index (χ0n) is 15.5. The van der Waals surface area contributed by atoms with Gasteiger partial charge in [-0.1, -0.05) is 12.1 Å². The number of ketones is 1. The molecule has 2 N–H and O–H groups in total. The summed E-state index contributed by atoms with van der Waals surface area (Å²) in [6, 6.07) is 14.6. The van der Waals surface area contributed by atoms with Crippen LogP contribution in [0.2, 0.25) is 0 Å². The van der Waals surface area contributed by atoms with Gasteiger partial charge in [0.2, 0.25) is 5.91 Å². The van der Waals surface area contributed by atoms with Crippen LogP contribution >= 0.6 is 0 Å². The first-order valence-electron chi connectivity index (χ1n) is 9.01. The van der Waals surface area contributed by atoms with Crippen LogP contribution in [-0.4, -0.2) is 28.3 Å². The molecule has 1 heterocycles. The van der Waals surface area contributed by atoms with Gasteiger partial charge < -0.3 is 15.0 Å². The number of aromatic amines is 1. The van der Waals surface area contributed by atoms with E-state index in [1.165, 1.54) is 6.92 Å². The molecule has 1 atom stereocenters. The zero-order chi connectivity index (χ0) is 19.2. The Balaban J connectivity index is 1.42. The molecule has 0 aliphatic heterocycles. The lowest BCUT2D eigenvalue weighted by Crippen LogP contribution is -2.27. The van der Waals surface area contributed by atoms with Gasteiger partial charge in [0.25, 0.3) is 0 Å². The fourth-order valence-corrected chi connectivity index (χ4v) is 2.77. The van der Waals surface area contributed by atoms with Crippen molar-refractivity contribution in [2.24, 2.45) is 0 Å². The molecule has 6 heteroatoms. The summed E-state index contributed by atoms with van der Waals surface area (Å²) in [7, 11) is 0.